The number of H-pyrrole nitrogens is 1. The Morgan fingerprint density at radius 2 is 1.91 bits per heavy atom. The van der Waals surface area contributed by atoms with Crippen LogP contribution in [0.5, 0.6) is 0 Å². The third kappa shape index (κ3) is 5.18. The Morgan fingerprint density at radius 1 is 1.28 bits per heavy atom. The normalized spacial score (nSPS) is 27.5. The fourth-order valence-electron chi connectivity index (χ4n) is 3.97. The molecule has 6 atom stereocenters. The van der Waals surface area contributed by atoms with Crippen molar-refractivity contribution in [3.8, 4) is 12.3 Å². The Morgan fingerprint density at radius 3 is 2.41 bits per heavy atom. The quantitative estimate of drug-likeness (QED) is 0.302. The summed E-state index contributed by atoms with van der Waals surface area (Å²) in [5, 5.41) is 19.6. The van der Waals surface area contributed by atoms with Gasteiger partial charge in [-0.25, -0.2) is 0 Å². The summed E-state index contributed by atoms with van der Waals surface area (Å²) in [6.07, 6.45) is 2.54. The highest BCUT2D eigenvalue weighted by molar-refractivity contribution is 7.54. The maximum Gasteiger partial charge on any atom is 0.359 e. The van der Waals surface area contributed by atoms with Crippen molar-refractivity contribution in [3.63, 3.8) is 0 Å². The van der Waals surface area contributed by atoms with Gasteiger partial charge in [0, 0.05) is 25.2 Å². The van der Waals surface area contributed by atoms with Crippen LogP contribution in [0.2, 0.25) is 0 Å². The maximum absolute atomic E-state index is 12.9. The van der Waals surface area contributed by atoms with E-state index in [1.54, 1.807) is 27.7 Å². The molecule has 0 aliphatic carbocycles. The molecule has 2 heterocycles. The van der Waals surface area contributed by atoms with E-state index in [0.717, 1.165) is 0 Å². The number of rotatable bonds is 10. The van der Waals surface area contributed by atoms with Crippen molar-refractivity contribution in [2.45, 2.75) is 88.7 Å². The van der Waals surface area contributed by atoms with Crippen LogP contribution in [0.4, 0.5) is 0 Å². The standard InChI is InChI=1S/C22H34NO8P/c1-7-15-14(11-12-17(24)23-15)19-20(29-6)18(25)16(30-19)13-21(5,8-2)31-32(27,28)22(26,9-3)10-4/h1,11-12,16,18-20,25-26H,8-10,13H2,2-6H3,(H,23,24)(H,27,28). The molecule has 0 saturated carbocycles. The minimum Gasteiger partial charge on any atom is -0.388 e. The number of hydrogen-bond acceptors (Lipinski definition) is 7. The molecule has 0 spiro atoms. The van der Waals surface area contributed by atoms with Crippen molar-refractivity contribution >= 4 is 7.60 Å². The average molecular weight is 471 g/mol. The second kappa shape index (κ2) is 10.2. The molecule has 6 unspecified atom stereocenters. The van der Waals surface area contributed by atoms with E-state index < -0.39 is 43.0 Å². The molecule has 1 aliphatic rings. The van der Waals surface area contributed by atoms with Gasteiger partial charge in [0.25, 0.3) is 0 Å². The van der Waals surface area contributed by atoms with E-state index in [4.69, 9.17) is 20.4 Å². The zero-order valence-electron chi connectivity index (χ0n) is 19.2. The molecule has 180 valence electrons. The topological polar surface area (TPSA) is 138 Å². The first-order chi connectivity index (χ1) is 14.9. The molecule has 4 N–H and O–H groups in total. The van der Waals surface area contributed by atoms with Crippen LogP contribution in [0.1, 0.15) is 70.7 Å². The van der Waals surface area contributed by atoms with Crippen LogP contribution in [-0.4, -0.2) is 56.5 Å². The van der Waals surface area contributed by atoms with Crippen LogP contribution in [-0.2, 0) is 18.6 Å². The summed E-state index contributed by atoms with van der Waals surface area (Å²) in [4.78, 5) is 24.8. The van der Waals surface area contributed by atoms with Crippen LogP contribution in [0.3, 0.4) is 0 Å². The molecular weight excluding hydrogens is 437 g/mol. The summed E-state index contributed by atoms with van der Waals surface area (Å²) < 4.78 is 30.2. The van der Waals surface area contributed by atoms with E-state index in [1.165, 1.54) is 19.2 Å². The largest absolute Gasteiger partial charge is 0.388 e. The highest BCUT2D eigenvalue weighted by Crippen LogP contribution is 2.60. The van der Waals surface area contributed by atoms with Crippen molar-refractivity contribution < 1.29 is 33.7 Å². The van der Waals surface area contributed by atoms with Gasteiger partial charge in [0.1, 0.15) is 18.3 Å². The fraction of sp³-hybridized carbons (Fsp3) is 0.682. The Bertz CT molecular complexity index is 937. The average Bonchev–Trinajstić information content (AvgIpc) is 3.06. The van der Waals surface area contributed by atoms with Crippen molar-refractivity contribution in [3.05, 3.63) is 33.7 Å². The lowest BCUT2D eigenvalue weighted by Crippen LogP contribution is -2.40. The molecule has 32 heavy (non-hydrogen) atoms. The van der Waals surface area contributed by atoms with Crippen molar-refractivity contribution in [2.24, 2.45) is 0 Å². The lowest BCUT2D eigenvalue weighted by atomic mass is 9.92. The summed E-state index contributed by atoms with van der Waals surface area (Å²) in [6, 6.07) is 2.84. The first-order valence-electron chi connectivity index (χ1n) is 10.7. The van der Waals surface area contributed by atoms with Gasteiger partial charge in [-0.05, 0) is 32.3 Å². The number of hydrogen-bond donors (Lipinski definition) is 4. The number of aromatic nitrogens is 1. The van der Waals surface area contributed by atoms with Crippen molar-refractivity contribution in [1.82, 2.24) is 4.98 Å². The third-order valence-corrected chi connectivity index (χ3v) is 8.77. The second-order valence-corrected chi connectivity index (χ2v) is 10.4. The van der Waals surface area contributed by atoms with Crippen molar-refractivity contribution in [2.75, 3.05) is 7.11 Å². The number of pyridine rings is 1. The van der Waals surface area contributed by atoms with Gasteiger partial charge < -0.3 is 34.1 Å². The molecule has 10 heteroatoms. The zero-order valence-corrected chi connectivity index (χ0v) is 20.1. The molecule has 1 fully saturated rings. The SMILES string of the molecule is C#Cc1[nH]c(=O)ccc1C1OC(CC(C)(CC)OP(=O)(O)C(O)(CC)CC)C(O)C1OC. The van der Waals surface area contributed by atoms with Gasteiger partial charge in [-0.2, -0.15) is 0 Å². The van der Waals surface area contributed by atoms with E-state index >= 15 is 0 Å². The Balaban J connectivity index is 2.32. The molecule has 1 aromatic rings. The summed E-state index contributed by atoms with van der Waals surface area (Å²) in [6.45, 7) is 6.65. The Labute approximate surface area is 188 Å². The van der Waals surface area contributed by atoms with Crippen LogP contribution >= 0.6 is 7.60 Å². The highest BCUT2D eigenvalue weighted by Gasteiger charge is 2.52. The van der Waals surface area contributed by atoms with Gasteiger partial charge in [0.15, 0.2) is 5.34 Å². The highest BCUT2D eigenvalue weighted by atomic mass is 31.2. The van der Waals surface area contributed by atoms with Gasteiger partial charge in [0.2, 0.25) is 5.56 Å². The lowest BCUT2D eigenvalue weighted by Gasteiger charge is -2.38. The van der Waals surface area contributed by atoms with E-state index in [-0.39, 0.29) is 30.5 Å². The van der Waals surface area contributed by atoms with Crippen LogP contribution < -0.4 is 5.56 Å². The number of terminal acetylenes is 1. The number of methoxy groups -OCH3 is 1. The van der Waals surface area contributed by atoms with Gasteiger partial charge in [-0.15, -0.1) is 6.42 Å². The molecule has 2 rings (SSSR count). The van der Waals surface area contributed by atoms with Gasteiger partial charge in [-0.1, -0.05) is 26.7 Å². The monoisotopic (exact) mass is 471 g/mol. The molecule has 0 amide bonds. The lowest BCUT2D eigenvalue weighted by molar-refractivity contribution is -0.0544. The number of nitrogens with one attached hydrogen (secondary N) is 1. The van der Waals surface area contributed by atoms with Gasteiger partial charge >= 0.3 is 7.60 Å². The van der Waals surface area contributed by atoms with Gasteiger partial charge in [-0.3, -0.25) is 9.36 Å². The number of aliphatic hydroxyl groups excluding tert-OH is 1. The van der Waals surface area contributed by atoms with Crippen LogP contribution in [0.15, 0.2) is 16.9 Å². The fourth-order valence-corrected chi connectivity index (χ4v) is 5.74. The number of aromatic amines is 1. The molecule has 9 nitrogen and oxygen atoms in total. The minimum absolute atomic E-state index is 0.0501. The molecule has 1 aromatic heterocycles. The van der Waals surface area contributed by atoms with Crippen molar-refractivity contribution in [1.29, 1.82) is 0 Å². The summed E-state index contributed by atoms with van der Waals surface area (Å²) in [5.41, 5.74) is -0.835. The van der Waals surface area contributed by atoms with Crippen LogP contribution in [0, 0.1) is 12.3 Å². The summed E-state index contributed by atoms with van der Waals surface area (Å²) in [5.74, 6) is 2.41. The van der Waals surface area contributed by atoms with E-state index in [1.807, 2.05) is 0 Å². The first-order valence-corrected chi connectivity index (χ1v) is 12.3. The smallest absolute Gasteiger partial charge is 0.359 e. The van der Waals surface area contributed by atoms with E-state index in [0.29, 0.717) is 12.0 Å². The van der Waals surface area contributed by atoms with Gasteiger partial charge in [0.05, 0.1) is 17.4 Å². The second-order valence-electron chi connectivity index (χ2n) is 8.39. The molecule has 1 saturated heterocycles. The number of aliphatic hydroxyl groups is 2. The third-order valence-electron chi connectivity index (χ3n) is 6.39. The summed E-state index contributed by atoms with van der Waals surface area (Å²) in [7, 11) is -3.00. The predicted molar refractivity (Wildman–Crippen MR) is 119 cm³/mol. The molecule has 0 bridgehead atoms. The Hall–Kier alpha value is -1.50. The van der Waals surface area contributed by atoms with E-state index in [9.17, 15) is 24.5 Å². The predicted octanol–water partition coefficient (Wildman–Crippen LogP) is 2.44. The summed E-state index contributed by atoms with van der Waals surface area (Å²) >= 11 is 0. The molecule has 0 aromatic carbocycles. The number of ether oxygens (including phenoxy) is 2. The first kappa shape index (κ1) is 26.7. The maximum atomic E-state index is 12.9. The molecule has 0 radical (unpaired) electrons. The van der Waals surface area contributed by atoms with Crippen LogP contribution in [0.25, 0.3) is 0 Å². The zero-order chi connectivity index (χ0) is 24.3. The minimum atomic E-state index is -4.42. The molecule has 1 aliphatic heterocycles. The molecular formula is C22H34NO8P. The van der Waals surface area contributed by atoms with E-state index in [2.05, 4.69) is 10.9 Å². The Kier molecular flexibility index (Phi) is 8.52.